The van der Waals surface area contributed by atoms with Gasteiger partial charge in [0.05, 0.1) is 10.7 Å². The first kappa shape index (κ1) is 14.9. The second-order valence-electron chi connectivity index (χ2n) is 3.75. The van der Waals surface area contributed by atoms with Crippen molar-refractivity contribution in [2.75, 3.05) is 17.6 Å². The number of nitriles is 1. The zero-order valence-corrected chi connectivity index (χ0v) is 10.7. The highest BCUT2D eigenvalue weighted by Gasteiger charge is 2.13. The molecule has 1 aromatic rings. The Hall–Kier alpha value is -2.18. The molecule has 0 fully saturated rings. The topological polar surface area (TPSA) is 139 Å². The molecule has 0 saturated heterocycles. The van der Waals surface area contributed by atoms with E-state index in [0.29, 0.717) is 18.7 Å². The third kappa shape index (κ3) is 4.90. The fourth-order valence-corrected chi connectivity index (χ4v) is 1.95. The summed E-state index contributed by atoms with van der Waals surface area (Å²) in [6.07, 6.45) is 0.303. The van der Waals surface area contributed by atoms with Gasteiger partial charge in [-0.25, -0.2) is 13.6 Å². The van der Waals surface area contributed by atoms with Crippen LogP contribution < -0.4 is 10.5 Å². The average molecular weight is 284 g/mol. The van der Waals surface area contributed by atoms with Gasteiger partial charge in [0.25, 0.3) is 5.69 Å². The Labute approximate surface area is 110 Å². The molecule has 1 rings (SSSR count). The number of nitrogens with two attached hydrogens (primary N) is 1. The van der Waals surface area contributed by atoms with E-state index < -0.39 is 14.9 Å². The summed E-state index contributed by atoms with van der Waals surface area (Å²) in [4.78, 5) is 9.98. The summed E-state index contributed by atoms with van der Waals surface area (Å²) in [5, 5.41) is 27.1. The lowest BCUT2D eigenvalue weighted by Crippen LogP contribution is -2.18. The van der Waals surface area contributed by atoms with Crippen LogP contribution in [0.3, 0.4) is 0 Å². The molecule has 8 nitrogen and oxygen atoms in total. The normalized spacial score (nSPS) is 10.7. The number of anilines is 1. The van der Waals surface area contributed by atoms with Crippen LogP contribution in [0.4, 0.5) is 11.4 Å². The monoisotopic (exact) mass is 284 g/mol. The molecule has 0 amide bonds. The van der Waals surface area contributed by atoms with Crippen LogP contribution in [0.15, 0.2) is 18.2 Å². The summed E-state index contributed by atoms with van der Waals surface area (Å²) in [5.74, 6) is -0.155. The fraction of sp³-hybridized carbons (Fsp3) is 0.300. The molecule has 102 valence electrons. The standard InChI is InChI=1S/C10H12N4O4S/c11-7-8-6-9(2-3-10(8)14(15)16)13-4-1-5-19(12,17)18/h2-3,6,13H,1,4-5H2,(H2,12,17,18). The Kier molecular flexibility index (Phi) is 4.80. The van der Waals surface area contributed by atoms with Crippen molar-refractivity contribution in [2.45, 2.75) is 6.42 Å². The van der Waals surface area contributed by atoms with Crippen LogP contribution in [-0.4, -0.2) is 25.6 Å². The van der Waals surface area contributed by atoms with Crippen LogP contribution >= 0.6 is 0 Å². The zero-order chi connectivity index (χ0) is 14.5. The van der Waals surface area contributed by atoms with Gasteiger partial charge in [0.1, 0.15) is 11.6 Å². The van der Waals surface area contributed by atoms with Crippen molar-refractivity contribution in [3.63, 3.8) is 0 Å². The molecule has 0 saturated carbocycles. The number of nitrogens with one attached hydrogen (secondary N) is 1. The molecule has 0 aromatic heterocycles. The smallest absolute Gasteiger partial charge is 0.287 e. The molecule has 0 bridgehead atoms. The van der Waals surface area contributed by atoms with Crippen molar-refractivity contribution >= 4 is 21.4 Å². The molecule has 0 unspecified atom stereocenters. The van der Waals surface area contributed by atoms with E-state index in [0.717, 1.165) is 0 Å². The lowest BCUT2D eigenvalue weighted by Gasteiger charge is -2.06. The zero-order valence-electron chi connectivity index (χ0n) is 9.87. The highest BCUT2D eigenvalue weighted by Crippen LogP contribution is 2.21. The summed E-state index contributed by atoms with van der Waals surface area (Å²) in [7, 11) is -3.49. The maximum Gasteiger partial charge on any atom is 0.287 e. The van der Waals surface area contributed by atoms with Gasteiger partial charge in [-0.1, -0.05) is 0 Å². The number of primary sulfonamides is 1. The largest absolute Gasteiger partial charge is 0.385 e. The minimum atomic E-state index is -3.49. The van der Waals surface area contributed by atoms with E-state index in [4.69, 9.17) is 10.4 Å². The average Bonchev–Trinajstić information content (AvgIpc) is 2.33. The molecule has 0 heterocycles. The number of benzene rings is 1. The molecule has 0 spiro atoms. The number of hydrogen-bond acceptors (Lipinski definition) is 6. The Morgan fingerprint density at radius 2 is 2.16 bits per heavy atom. The van der Waals surface area contributed by atoms with E-state index in [9.17, 15) is 18.5 Å². The number of nitro groups is 1. The van der Waals surface area contributed by atoms with Gasteiger partial charge in [-0.15, -0.1) is 0 Å². The van der Waals surface area contributed by atoms with E-state index in [1.54, 1.807) is 6.07 Å². The third-order valence-corrected chi connectivity index (χ3v) is 3.11. The number of nitrogens with zero attached hydrogens (tertiary/aromatic N) is 2. The Morgan fingerprint density at radius 1 is 1.47 bits per heavy atom. The van der Waals surface area contributed by atoms with E-state index >= 15 is 0 Å². The van der Waals surface area contributed by atoms with Gasteiger partial charge in [0.2, 0.25) is 10.0 Å². The molecule has 0 radical (unpaired) electrons. The second kappa shape index (κ2) is 6.12. The van der Waals surface area contributed by atoms with Crippen LogP contribution in [0.5, 0.6) is 0 Å². The summed E-state index contributed by atoms with van der Waals surface area (Å²) in [6.45, 7) is 0.332. The summed E-state index contributed by atoms with van der Waals surface area (Å²) in [6, 6.07) is 5.75. The minimum absolute atomic E-state index is 0.0542. The van der Waals surface area contributed by atoms with Gasteiger partial charge in [-0.2, -0.15) is 5.26 Å². The predicted molar refractivity (Wildman–Crippen MR) is 68.9 cm³/mol. The van der Waals surface area contributed by atoms with Crippen molar-refractivity contribution < 1.29 is 13.3 Å². The van der Waals surface area contributed by atoms with Crippen LogP contribution in [-0.2, 0) is 10.0 Å². The van der Waals surface area contributed by atoms with Crippen molar-refractivity contribution in [2.24, 2.45) is 5.14 Å². The first-order chi connectivity index (χ1) is 8.83. The van der Waals surface area contributed by atoms with E-state index in [1.807, 2.05) is 0 Å². The number of nitro benzene ring substituents is 1. The van der Waals surface area contributed by atoms with Crippen LogP contribution in [0.2, 0.25) is 0 Å². The number of hydrogen-bond donors (Lipinski definition) is 2. The Morgan fingerprint density at radius 3 is 2.68 bits per heavy atom. The van der Waals surface area contributed by atoms with Gasteiger partial charge in [-0.05, 0) is 18.6 Å². The Bertz CT molecular complexity index is 621. The van der Waals surface area contributed by atoms with Gasteiger partial charge < -0.3 is 5.32 Å². The van der Waals surface area contributed by atoms with E-state index in [1.165, 1.54) is 18.2 Å². The molecule has 0 aliphatic rings. The molecule has 0 aliphatic carbocycles. The van der Waals surface area contributed by atoms with Gasteiger partial charge in [0, 0.05) is 18.3 Å². The SMILES string of the molecule is N#Cc1cc(NCCCS(N)(=O)=O)ccc1[N+](=O)[O-]. The summed E-state index contributed by atoms with van der Waals surface area (Å²) < 4.78 is 21.4. The van der Waals surface area contributed by atoms with Crippen LogP contribution in [0.1, 0.15) is 12.0 Å². The Balaban J connectivity index is 2.66. The van der Waals surface area contributed by atoms with Gasteiger partial charge in [-0.3, -0.25) is 10.1 Å². The quantitative estimate of drug-likeness (QED) is 0.444. The maximum atomic E-state index is 10.7. The lowest BCUT2D eigenvalue weighted by molar-refractivity contribution is -0.385. The van der Waals surface area contributed by atoms with Crippen molar-refractivity contribution in [3.8, 4) is 6.07 Å². The van der Waals surface area contributed by atoms with Crippen molar-refractivity contribution in [3.05, 3.63) is 33.9 Å². The van der Waals surface area contributed by atoms with Crippen LogP contribution in [0, 0.1) is 21.4 Å². The summed E-state index contributed by atoms with van der Waals surface area (Å²) in [5.41, 5.74) is 0.190. The minimum Gasteiger partial charge on any atom is -0.385 e. The third-order valence-electron chi connectivity index (χ3n) is 2.25. The van der Waals surface area contributed by atoms with E-state index in [2.05, 4.69) is 5.32 Å². The maximum absolute atomic E-state index is 10.7. The molecule has 1 aromatic carbocycles. The molecule has 0 atom stereocenters. The predicted octanol–water partition coefficient (Wildman–Crippen LogP) is 0.557. The number of rotatable bonds is 6. The fourth-order valence-electron chi connectivity index (χ4n) is 1.40. The highest BCUT2D eigenvalue weighted by atomic mass is 32.2. The van der Waals surface area contributed by atoms with Gasteiger partial charge in [0.15, 0.2) is 0 Å². The molecular formula is C10H12N4O4S. The van der Waals surface area contributed by atoms with E-state index in [-0.39, 0.29) is 17.0 Å². The first-order valence-corrected chi connectivity index (χ1v) is 6.98. The molecule has 9 heteroatoms. The van der Waals surface area contributed by atoms with Gasteiger partial charge >= 0.3 is 0 Å². The summed E-state index contributed by atoms with van der Waals surface area (Å²) >= 11 is 0. The first-order valence-electron chi connectivity index (χ1n) is 5.26. The molecule has 19 heavy (non-hydrogen) atoms. The highest BCUT2D eigenvalue weighted by molar-refractivity contribution is 7.89. The number of sulfonamides is 1. The van der Waals surface area contributed by atoms with Crippen LogP contribution in [0.25, 0.3) is 0 Å². The molecule has 0 aliphatic heterocycles. The van der Waals surface area contributed by atoms with Crippen molar-refractivity contribution in [1.82, 2.24) is 0 Å². The second-order valence-corrected chi connectivity index (χ2v) is 5.48. The molecular weight excluding hydrogens is 272 g/mol. The lowest BCUT2D eigenvalue weighted by atomic mass is 10.1. The van der Waals surface area contributed by atoms with Crippen molar-refractivity contribution in [1.29, 1.82) is 5.26 Å². The molecule has 3 N–H and O–H groups in total.